The third-order valence-corrected chi connectivity index (χ3v) is 2.84. The Morgan fingerprint density at radius 3 is 2.44 bits per heavy atom. The lowest BCUT2D eigenvalue weighted by atomic mass is 9.81. The quantitative estimate of drug-likeness (QED) is 0.276. The van der Waals surface area contributed by atoms with Crippen molar-refractivity contribution in [2.24, 2.45) is 5.41 Å². The van der Waals surface area contributed by atoms with Gasteiger partial charge in [0, 0.05) is 0 Å². The molecule has 0 aliphatic carbocycles. The summed E-state index contributed by atoms with van der Waals surface area (Å²) >= 11 is 0. The average molecular weight is 226 g/mol. The first-order valence-electron chi connectivity index (χ1n) is 5.78. The maximum absolute atomic E-state index is 11.8. The Kier molecular flexibility index (Phi) is 6.70. The smallest absolute Gasteiger partial charge is 0.319 e. The van der Waals surface area contributed by atoms with Crippen molar-refractivity contribution in [3.8, 4) is 0 Å². The molecule has 0 bridgehead atoms. The molecule has 0 aromatic rings. The number of carbonyl (C=O) groups excluding carboxylic acids is 2. The van der Waals surface area contributed by atoms with Gasteiger partial charge < -0.3 is 4.74 Å². The van der Waals surface area contributed by atoms with Crippen LogP contribution < -0.4 is 0 Å². The van der Waals surface area contributed by atoms with Crippen molar-refractivity contribution in [3.05, 3.63) is 12.7 Å². The summed E-state index contributed by atoms with van der Waals surface area (Å²) in [5, 5.41) is 0. The van der Waals surface area contributed by atoms with Gasteiger partial charge >= 0.3 is 5.97 Å². The summed E-state index contributed by atoms with van der Waals surface area (Å²) in [4.78, 5) is 23.3. The highest BCUT2D eigenvalue weighted by Gasteiger charge is 2.38. The zero-order valence-corrected chi connectivity index (χ0v) is 10.5. The van der Waals surface area contributed by atoms with Crippen molar-refractivity contribution >= 4 is 11.8 Å². The van der Waals surface area contributed by atoms with Crippen LogP contribution in [0.25, 0.3) is 0 Å². The van der Waals surface area contributed by atoms with Gasteiger partial charge in [0.1, 0.15) is 17.8 Å². The summed E-state index contributed by atoms with van der Waals surface area (Å²) in [7, 11) is 0. The largest absolute Gasteiger partial charge is 0.461 e. The standard InChI is InChI=1S/C13H22O3/c1-5-7-8-9-13(4,11(3)14)12(15)16-10-6-2/h6H,2,5,7-10H2,1,3-4H3. The normalized spacial score (nSPS) is 13.9. The van der Waals surface area contributed by atoms with E-state index in [0.29, 0.717) is 6.42 Å². The highest BCUT2D eigenvalue weighted by atomic mass is 16.5. The van der Waals surface area contributed by atoms with Crippen LogP contribution in [0.2, 0.25) is 0 Å². The highest BCUT2D eigenvalue weighted by molar-refractivity contribution is 6.02. The second-order valence-electron chi connectivity index (χ2n) is 4.23. The van der Waals surface area contributed by atoms with Gasteiger partial charge in [0.05, 0.1) is 0 Å². The molecule has 0 aromatic heterocycles. The molecule has 0 amide bonds. The predicted octanol–water partition coefficient (Wildman–Crippen LogP) is 2.89. The molecule has 0 N–H and O–H groups in total. The van der Waals surface area contributed by atoms with Crippen LogP contribution in [0, 0.1) is 5.41 Å². The average Bonchev–Trinajstić information content (AvgIpc) is 2.25. The zero-order chi connectivity index (χ0) is 12.6. The lowest BCUT2D eigenvalue weighted by molar-refractivity contribution is -0.158. The maximum atomic E-state index is 11.8. The zero-order valence-electron chi connectivity index (χ0n) is 10.5. The van der Waals surface area contributed by atoms with Crippen LogP contribution in [0.5, 0.6) is 0 Å². The van der Waals surface area contributed by atoms with E-state index in [1.54, 1.807) is 6.92 Å². The molecule has 0 aliphatic rings. The van der Waals surface area contributed by atoms with Crippen LogP contribution in [0.15, 0.2) is 12.7 Å². The minimum atomic E-state index is -0.988. The van der Waals surface area contributed by atoms with Gasteiger partial charge in [-0.1, -0.05) is 38.8 Å². The molecule has 0 saturated heterocycles. The lowest BCUT2D eigenvalue weighted by Crippen LogP contribution is -2.36. The lowest BCUT2D eigenvalue weighted by Gasteiger charge is -2.24. The Hall–Kier alpha value is -1.12. The first kappa shape index (κ1) is 14.9. The minimum Gasteiger partial charge on any atom is -0.461 e. The van der Waals surface area contributed by atoms with Crippen molar-refractivity contribution in [1.82, 2.24) is 0 Å². The summed E-state index contributed by atoms with van der Waals surface area (Å²) in [6, 6.07) is 0. The van der Waals surface area contributed by atoms with E-state index in [0.717, 1.165) is 19.3 Å². The molecule has 0 fully saturated rings. The van der Waals surface area contributed by atoms with Crippen molar-refractivity contribution in [2.75, 3.05) is 6.61 Å². The molecule has 0 aliphatic heterocycles. The number of carbonyl (C=O) groups is 2. The molecule has 0 aromatic carbocycles. The van der Waals surface area contributed by atoms with E-state index < -0.39 is 11.4 Å². The molecule has 1 atom stereocenters. The van der Waals surface area contributed by atoms with Crippen LogP contribution in [0.1, 0.15) is 46.5 Å². The first-order chi connectivity index (χ1) is 7.49. The second kappa shape index (κ2) is 7.20. The molecule has 3 heteroatoms. The molecule has 92 valence electrons. The van der Waals surface area contributed by atoms with Gasteiger partial charge in [0.15, 0.2) is 0 Å². The number of unbranched alkanes of at least 4 members (excludes halogenated alkanes) is 2. The highest BCUT2D eigenvalue weighted by Crippen LogP contribution is 2.27. The molecule has 3 nitrogen and oxygen atoms in total. The van der Waals surface area contributed by atoms with Gasteiger partial charge in [-0.15, -0.1) is 0 Å². The van der Waals surface area contributed by atoms with Crippen molar-refractivity contribution in [3.63, 3.8) is 0 Å². The van der Waals surface area contributed by atoms with Crippen LogP contribution in [-0.4, -0.2) is 18.4 Å². The second-order valence-corrected chi connectivity index (χ2v) is 4.23. The number of rotatable bonds is 8. The van der Waals surface area contributed by atoms with E-state index in [2.05, 4.69) is 13.5 Å². The van der Waals surface area contributed by atoms with E-state index in [4.69, 9.17) is 4.74 Å². The summed E-state index contributed by atoms with van der Waals surface area (Å²) in [6.07, 6.45) is 5.03. The number of hydrogen-bond donors (Lipinski definition) is 0. The van der Waals surface area contributed by atoms with Crippen molar-refractivity contribution < 1.29 is 14.3 Å². The number of hydrogen-bond acceptors (Lipinski definition) is 3. The summed E-state index contributed by atoms with van der Waals surface area (Å²) in [6.45, 7) is 8.83. The van der Waals surface area contributed by atoms with Gasteiger partial charge in [-0.3, -0.25) is 9.59 Å². The van der Waals surface area contributed by atoms with Crippen molar-refractivity contribution in [1.29, 1.82) is 0 Å². The molecule has 16 heavy (non-hydrogen) atoms. The third-order valence-electron chi connectivity index (χ3n) is 2.84. The Bertz CT molecular complexity index is 258. The van der Waals surface area contributed by atoms with Gasteiger partial charge in [0.25, 0.3) is 0 Å². The fraction of sp³-hybridized carbons (Fsp3) is 0.692. The van der Waals surface area contributed by atoms with E-state index in [1.807, 2.05) is 0 Å². The molecule has 0 spiro atoms. The van der Waals surface area contributed by atoms with Crippen molar-refractivity contribution in [2.45, 2.75) is 46.5 Å². The molecular weight excluding hydrogens is 204 g/mol. The van der Waals surface area contributed by atoms with E-state index >= 15 is 0 Å². The number of Topliss-reactive ketones (excluding diaryl/α,β-unsaturated/α-hetero) is 1. The van der Waals surface area contributed by atoms with Crippen LogP contribution in [0.4, 0.5) is 0 Å². The van der Waals surface area contributed by atoms with Gasteiger partial charge in [-0.05, 0) is 20.3 Å². The molecule has 1 unspecified atom stereocenters. The molecule has 0 saturated carbocycles. The topological polar surface area (TPSA) is 43.4 Å². The third kappa shape index (κ3) is 4.17. The monoisotopic (exact) mass is 226 g/mol. The van der Waals surface area contributed by atoms with E-state index in [-0.39, 0.29) is 12.4 Å². The molecule has 0 heterocycles. The SMILES string of the molecule is C=CCOC(=O)C(C)(CCCCC)C(C)=O. The molecule has 0 radical (unpaired) electrons. The minimum absolute atomic E-state index is 0.127. The Morgan fingerprint density at radius 2 is 2.00 bits per heavy atom. The maximum Gasteiger partial charge on any atom is 0.319 e. The number of ether oxygens (including phenoxy) is 1. The fourth-order valence-corrected chi connectivity index (χ4v) is 1.44. The Labute approximate surface area is 97.9 Å². The first-order valence-corrected chi connectivity index (χ1v) is 5.78. The Balaban J connectivity index is 4.48. The van der Waals surface area contributed by atoms with Gasteiger partial charge in [0.2, 0.25) is 0 Å². The van der Waals surface area contributed by atoms with Crippen LogP contribution in [-0.2, 0) is 14.3 Å². The van der Waals surface area contributed by atoms with Gasteiger partial charge in [-0.25, -0.2) is 0 Å². The Morgan fingerprint density at radius 1 is 1.38 bits per heavy atom. The molecule has 0 rings (SSSR count). The summed E-state index contributed by atoms with van der Waals surface area (Å²) < 4.78 is 4.97. The number of ketones is 1. The summed E-state index contributed by atoms with van der Waals surface area (Å²) in [5.74, 6) is -0.561. The van der Waals surface area contributed by atoms with Crippen LogP contribution >= 0.6 is 0 Å². The summed E-state index contributed by atoms with van der Waals surface area (Å²) in [5.41, 5.74) is -0.988. The molecular formula is C13H22O3. The fourth-order valence-electron chi connectivity index (χ4n) is 1.44. The van der Waals surface area contributed by atoms with Gasteiger partial charge in [-0.2, -0.15) is 0 Å². The predicted molar refractivity (Wildman–Crippen MR) is 64.1 cm³/mol. The van der Waals surface area contributed by atoms with E-state index in [9.17, 15) is 9.59 Å². The number of esters is 1. The van der Waals surface area contributed by atoms with Crippen LogP contribution in [0.3, 0.4) is 0 Å². The van der Waals surface area contributed by atoms with E-state index in [1.165, 1.54) is 13.0 Å².